The van der Waals surface area contributed by atoms with Gasteiger partial charge in [0.2, 0.25) is 5.82 Å². The minimum Gasteiger partial charge on any atom is -0.497 e. The third kappa shape index (κ3) is 5.26. The van der Waals surface area contributed by atoms with E-state index in [1.54, 1.807) is 7.11 Å². The maximum atomic E-state index is 12.6. The van der Waals surface area contributed by atoms with Crippen LogP contribution in [0.4, 0.5) is 22.0 Å². The maximum Gasteiger partial charge on any atom is 0.300 e. The number of hydrogen-bond acceptors (Lipinski definition) is 3. The summed E-state index contributed by atoms with van der Waals surface area (Å²) in [6, 6.07) is 16.5. The summed E-state index contributed by atoms with van der Waals surface area (Å²) in [5, 5.41) is 0. The van der Waals surface area contributed by atoms with Crippen molar-refractivity contribution in [1.82, 2.24) is 0 Å². The second-order valence-electron chi connectivity index (χ2n) is 5.58. The van der Waals surface area contributed by atoms with Crippen molar-refractivity contribution >= 4 is 32.7 Å². The number of hydrogen-bond donors (Lipinski definition) is 1. The Morgan fingerprint density at radius 3 is 1.70 bits per heavy atom. The van der Waals surface area contributed by atoms with Gasteiger partial charge in [0.1, 0.15) is 5.75 Å². The number of rotatable bonds is 3. The van der Waals surface area contributed by atoms with Gasteiger partial charge >= 0.3 is 10.1 Å². The first kappa shape index (κ1) is 24.0. The molecule has 0 unspecified atom stereocenters. The quantitative estimate of drug-likeness (QED) is 0.150. The van der Waals surface area contributed by atoms with Gasteiger partial charge in [0, 0.05) is 3.57 Å². The van der Waals surface area contributed by atoms with E-state index in [1.807, 2.05) is 12.1 Å². The van der Waals surface area contributed by atoms with E-state index in [9.17, 15) is 30.4 Å². The normalized spacial score (nSPS) is 10.9. The van der Waals surface area contributed by atoms with E-state index >= 15 is 0 Å². The van der Waals surface area contributed by atoms with Crippen molar-refractivity contribution in [3.63, 3.8) is 0 Å². The number of halogens is 6. The van der Waals surface area contributed by atoms with Crippen LogP contribution in [-0.4, -0.2) is 20.1 Å². The first-order chi connectivity index (χ1) is 14.0. The van der Waals surface area contributed by atoms with Gasteiger partial charge in [-0.2, -0.15) is 8.42 Å². The Kier molecular flexibility index (Phi) is 7.77. The number of benzene rings is 3. The van der Waals surface area contributed by atoms with Gasteiger partial charge in [-0.05, 0) is 51.9 Å². The zero-order valence-corrected chi connectivity index (χ0v) is 17.9. The molecule has 3 aromatic rings. The van der Waals surface area contributed by atoms with Crippen LogP contribution in [0.25, 0.3) is 11.1 Å². The average Bonchev–Trinajstić information content (AvgIpc) is 2.71. The molecule has 11 heteroatoms. The first-order valence-corrected chi connectivity index (χ1v) is 10.4. The van der Waals surface area contributed by atoms with Crippen molar-refractivity contribution < 1.29 is 39.7 Å². The van der Waals surface area contributed by atoms with Gasteiger partial charge in [0.05, 0.1) is 7.11 Å². The summed E-state index contributed by atoms with van der Waals surface area (Å²) >= 11 is 2.35. The molecule has 3 aromatic carbocycles. The average molecular weight is 558 g/mol. The molecule has 0 saturated heterocycles. The van der Waals surface area contributed by atoms with Crippen molar-refractivity contribution in [2.45, 2.75) is 4.90 Å². The van der Waals surface area contributed by atoms with Crippen molar-refractivity contribution in [2.75, 3.05) is 7.11 Å². The standard InChI is InChI=1S/C13H11IO.C6HF5O3S/c1-15-11-8-6-10(7-9-11)12-4-2-3-5-13(12)14;7-1-2(8)4(10)6(15(12,13)14)5(11)3(1)9/h2-9H,1H3;(H,12,13,14). The highest BCUT2D eigenvalue weighted by molar-refractivity contribution is 14.1. The molecule has 0 aliphatic carbocycles. The maximum absolute atomic E-state index is 12.6. The van der Waals surface area contributed by atoms with Gasteiger partial charge in [0.15, 0.2) is 28.2 Å². The Morgan fingerprint density at radius 2 is 1.27 bits per heavy atom. The predicted molar refractivity (Wildman–Crippen MR) is 107 cm³/mol. The van der Waals surface area contributed by atoms with Gasteiger partial charge in [-0.1, -0.05) is 30.3 Å². The Bertz CT molecular complexity index is 1140. The molecule has 0 fully saturated rings. The number of methoxy groups -OCH3 is 1. The van der Waals surface area contributed by atoms with Crippen molar-refractivity contribution in [3.8, 4) is 16.9 Å². The second-order valence-corrected chi connectivity index (χ2v) is 8.10. The molecule has 160 valence electrons. The minimum absolute atomic E-state index is 0.893. The lowest BCUT2D eigenvalue weighted by molar-refractivity contribution is 0.352. The molecule has 0 saturated carbocycles. The lowest BCUT2D eigenvalue weighted by Crippen LogP contribution is -2.11. The second kappa shape index (κ2) is 9.71. The highest BCUT2D eigenvalue weighted by Gasteiger charge is 2.32. The zero-order valence-electron chi connectivity index (χ0n) is 15.0. The summed E-state index contributed by atoms with van der Waals surface area (Å²) < 4.78 is 97.7. The zero-order chi connectivity index (χ0) is 22.6. The van der Waals surface area contributed by atoms with E-state index in [1.165, 1.54) is 14.7 Å². The van der Waals surface area contributed by atoms with Crippen LogP contribution in [0.2, 0.25) is 0 Å². The van der Waals surface area contributed by atoms with E-state index in [0.29, 0.717) is 0 Å². The number of ether oxygens (including phenoxy) is 1. The molecule has 30 heavy (non-hydrogen) atoms. The van der Waals surface area contributed by atoms with E-state index in [0.717, 1.165) is 5.75 Å². The molecular weight excluding hydrogens is 546 g/mol. The molecule has 0 heterocycles. The summed E-state index contributed by atoms with van der Waals surface area (Å²) in [5.74, 6) is -11.7. The highest BCUT2D eigenvalue weighted by Crippen LogP contribution is 2.27. The van der Waals surface area contributed by atoms with Crippen LogP contribution in [0, 0.1) is 32.7 Å². The molecule has 1 N–H and O–H groups in total. The predicted octanol–water partition coefficient (Wildman–Crippen LogP) is 5.60. The Hall–Kier alpha value is -2.25. The molecule has 0 aliphatic rings. The molecular formula is C19H12F5IO4S. The summed E-state index contributed by atoms with van der Waals surface area (Å²) in [5.41, 5.74) is 2.49. The monoisotopic (exact) mass is 558 g/mol. The van der Waals surface area contributed by atoms with Gasteiger partial charge in [-0.3, -0.25) is 4.55 Å². The van der Waals surface area contributed by atoms with Crippen LogP contribution in [0.3, 0.4) is 0 Å². The van der Waals surface area contributed by atoms with Crippen LogP contribution < -0.4 is 4.74 Å². The summed E-state index contributed by atoms with van der Waals surface area (Å²) in [6.45, 7) is 0. The fourth-order valence-corrected chi connectivity index (χ4v) is 3.61. The van der Waals surface area contributed by atoms with Gasteiger partial charge in [0.25, 0.3) is 0 Å². The summed E-state index contributed by atoms with van der Waals surface area (Å²) in [7, 11) is -3.84. The molecule has 0 bridgehead atoms. The topological polar surface area (TPSA) is 63.6 Å². The SMILES string of the molecule is COc1ccc(-c2ccccc2I)cc1.O=S(=O)(O)c1c(F)c(F)c(F)c(F)c1F. The van der Waals surface area contributed by atoms with Gasteiger partial charge < -0.3 is 4.74 Å². The lowest BCUT2D eigenvalue weighted by atomic mass is 10.1. The van der Waals surface area contributed by atoms with Crippen molar-refractivity contribution in [2.24, 2.45) is 0 Å². The Balaban J connectivity index is 0.000000214. The molecule has 0 aromatic heterocycles. The molecule has 4 nitrogen and oxygen atoms in total. The Morgan fingerprint density at radius 1 is 0.800 bits per heavy atom. The van der Waals surface area contributed by atoms with E-state index in [2.05, 4.69) is 59.0 Å². The highest BCUT2D eigenvalue weighted by atomic mass is 127. The summed E-state index contributed by atoms with van der Waals surface area (Å²) in [4.78, 5) is -2.26. The van der Waals surface area contributed by atoms with E-state index < -0.39 is 44.1 Å². The third-order valence-corrected chi connectivity index (χ3v) is 5.52. The summed E-state index contributed by atoms with van der Waals surface area (Å²) in [6.07, 6.45) is 0. The minimum atomic E-state index is -5.52. The fourth-order valence-electron chi connectivity index (χ4n) is 2.28. The van der Waals surface area contributed by atoms with E-state index in [-0.39, 0.29) is 0 Å². The van der Waals surface area contributed by atoms with Crippen LogP contribution in [0.1, 0.15) is 0 Å². The fraction of sp³-hybridized carbons (Fsp3) is 0.0526. The lowest BCUT2D eigenvalue weighted by Gasteiger charge is -2.05. The van der Waals surface area contributed by atoms with Crippen LogP contribution in [0.15, 0.2) is 53.4 Å². The first-order valence-electron chi connectivity index (χ1n) is 7.87. The Labute approximate surface area is 182 Å². The van der Waals surface area contributed by atoms with Crippen molar-refractivity contribution in [1.29, 1.82) is 0 Å². The van der Waals surface area contributed by atoms with Gasteiger partial charge in [-0.25, -0.2) is 22.0 Å². The molecule has 3 rings (SSSR count). The van der Waals surface area contributed by atoms with E-state index in [4.69, 9.17) is 9.29 Å². The third-order valence-electron chi connectivity index (χ3n) is 3.70. The molecule has 0 radical (unpaired) electrons. The molecule has 0 spiro atoms. The van der Waals surface area contributed by atoms with Gasteiger partial charge in [-0.15, -0.1) is 0 Å². The van der Waals surface area contributed by atoms with Crippen LogP contribution in [-0.2, 0) is 10.1 Å². The molecule has 0 aliphatic heterocycles. The molecule has 0 atom stereocenters. The van der Waals surface area contributed by atoms with Crippen LogP contribution in [0.5, 0.6) is 5.75 Å². The molecule has 0 amide bonds. The smallest absolute Gasteiger partial charge is 0.300 e. The van der Waals surface area contributed by atoms with Crippen LogP contribution >= 0.6 is 22.6 Å². The largest absolute Gasteiger partial charge is 0.497 e. The van der Waals surface area contributed by atoms with Crippen molar-refractivity contribution in [3.05, 3.63) is 81.2 Å².